The molecule has 0 saturated heterocycles. The number of rotatable bonds is 6. The number of amides is 1. The molecule has 0 bridgehead atoms. The average molecular weight is 235 g/mol. The Balaban J connectivity index is 3.11. The zero-order chi connectivity index (χ0) is 12.8. The van der Waals surface area contributed by atoms with Crippen LogP contribution in [0, 0.1) is 0 Å². The Morgan fingerprint density at radius 1 is 1.35 bits per heavy atom. The van der Waals surface area contributed by atoms with Crippen LogP contribution in [0.4, 0.5) is 11.4 Å². The molecule has 0 aliphatic heterocycles. The lowest BCUT2D eigenvalue weighted by Gasteiger charge is -2.26. The number of para-hydroxylation sites is 1. The van der Waals surface area contributed by atoms with Crippen LogP contribution in [0.3, 0.4) is 0 Å². The zero-order valence-corrected chi connectivity index (χ0v) is 10.6. The number of carbonyl (C=O) groups excluding carboxylic acids is 1. The van der Waals surface area contributed by atoms with Crippen molar-refractivity contribution in [3.05, 3.63) is 23.8 Å². The van der Waals surface area contributed by atoms with E-state index < -0.39 is 5.91 Å². The van der Waals surface area contributed by atoms with Crippen LogP contribution in [0.2, 0.25) is 0 Å². The number of nitrogen functional groups attached to an aromatic ring is 1. The fourth-order valence-electron chi connectivity index (χ4n) is 1.89. The SMILES string of the molecule is CCCCN(CC)c1c(N)cccc1C(N)=O. The molecule has 0 radical (unpaired) electrons. The molecule has 0 fully saturated rings. The first kappa shape index (κ1) is 13.4. The molecule has 94 valence electrons. The van der Waals surface area contributed by atoms with Gasteiger partial charge in [0.15, 0.2) is 0 Å². The minimum atomic E-state index is -0.428. The summed E-state index contributed by atoms with van der Waals surface area (Å²) in [4.78, 5) is 13.5. The van der Waals surface area contributed by atoms with E-state index in [2.05, 4.69) is 11.8 Å². The maximum atomic E-state index is 11.4. The summed E-state index contributed by atoms with van der Waals surface area (Å²) < 4.78 is 0. The van der Waals surface area contributed by atoms with E-state index >= 15 is 0 Å². The van der Waals surface area contributed by atoms with Crippen LogP contribution in [-0.4, -0.2) is 19.0 Å². The fourth-order valence-corrected chi connectivity index (χ4v) is 1.89. The summed E-state index contributed by atoms with van der Waals surface area (Å²) in [6, 6.07) is 5.28. The van der Waals surface area contributed by atoms with E-state index in [9.17, 15) is 4.79 Å². The molecule has 0 saturated carbocycles. The van der Waals surface area contributed by atoms with E-state index in [1.165, 1.54) is 0 Å². The number of unbranched alkanes of at least 4 members (excludes halogenated alkanes) is 1. The highest BCUT2D eigenvalue weighted by Gasteiger charge is 2.15. The van der Waals surface area contributed by atoms with Gasteiger partial charge in [-0.2, -0.15) is 0 Å². The van der Waals surface area contributed by atoms with Crippen LogP contribution in [0.1, 0.15) is 37.0 Å². The standard InChI is InChI=1S/C13H21N3O/c1-3-5-9-16(4-2)12-10(13(15)17)7-6-8-11(12)14/h6-8H,3-5,9,14H2,1-2H3,(H2,15,17). The van der Waals surface area contributed by atoms with Gasteiger partial charge in [-0.05, 0) is 25.5 Å². The smallest absolute Gasteiger partial charge is 0.250 e. The lowest BCUT2D eigenvalue weighted by atomic mass is 10.1. The molecular formula is C13H21N3O. The minimum Gasteiger partial charge on any atom is -0.397 e. The summed E-state index contributed by atoms with van der Waals surface area (Å²) >= 11 is 0. The topological polar surface area (TPSA) is 72.3 Å². The number of nitrogens with two attached hydrogens (primary N) is 2. The van der Waals surface area contributed by atoms with Gasteiger partial charge in [-0.1, -0.05) is 19.4 Å². The Hall–Kier alpha value is -1.71. The van der Waals surface area contributed by atoms with Gasteiger partial charge in [0.05, 0.1) is 16.9 Å². The predicted molar refractivity (Wildman–Crippen MR) is 72.2 cm³/mol. The molecule has 0 aliphatic carbocycles. The summed E-state index contributed by atoms with van der Waals surface area (Å²) in [5.41, 5.74) is 13.2. The Morgan fingerprint density at radius 3 is 2.59 bits per heavy atom. The highest BCUT2D eigenvalue weighted by Crippen LogP contribution is 2.27. The van der Waals surface area contributed by atoms with Crippen LogP contribution < -0.4 is 16.4 Å². The Labute approximate surface area is 103 Å². The minimum absolute atomic E-state index is 0.428. The third-order valence-corrected chi connectivity index (χ3v) is 2.81. The van der Waals surface area contributed by atoms with Crippen LogP contribution in [0.25, 0.3) is 0 Å². The van der Waals surface area contributed by atoms with E-state index in [1.807, 2.05) is 6.92 Å². The van der Waals surface area contributed by atoms with Crippen molar-refractivity contribution in [2.45, 2.75) is 26.7 Å². The second kappa shape index (κ2) is 6.13. The number of hydrogen-bond donors (Lipinski definition) is 2. The predicted octanol–water partition coefficient (Wildman–Crippen LogP) is 1.99. The van der Waals surface area contributed by atoms with Gasteiger partial charge in [0.2, 0.25) is 0 Å². The van der Waals surface area contributed by atoms with Crippen molar-refractivity contribution < 1.29 is 4.79 Å². The lowest BCUT2D eigenvalue weighted by Crippen LogP contribution is -2.28. The van der Waals surface area contributed by atoms with Crippen molar-refractivity contribution in [2.75, 3.05) is 23.7 Å². The molecule has 4 N–H and O–H groups in total. The first-order valence-corrected chi connectivity index (χ1v) is 6.05. The summed E-state index contributed by atoms with van der Waals surface area (Å²) in [6.07, 6.45) is 2.18. The van der Waals surface area contributed by atoms with Crippen molar-refractivity contribution in [3.8, 4) is 0 Å². The van der Waals surface area contributed by atoms with Crippen molar-refractivity contribution in [1.82, 2.24) is 0 Å². The summed E-state index contributed by atoms with van der Waals surface area (Å²) in [7, 11) is 0. The first-order valence-electron chi connectivity index (χ1n) is 6.05. The molecule has 1 amide bonds. The summed E-state index contributed by atoms with van der Waals surface area (Å²) in [6.45, 7) is 5.89. The molecule has 1 aromatic rings. The Kier molecular flexibility index (Phi) is 4.82. The van der Waals surface area contributed by atoms with E-state index in [0.29, 0.717) is 11.3 Å². The molecule has 0 spiro atoms. The monoisotopic (exact) mass is 235 g/mol. The van der Waals surface area contributed by atoms with Gasteiger partial charge in [-0.25, -0.2) is 0 Å². The van der Waals surface area contributed by atoms with Crippen LogP contribution in [0.15, 0.2) is 18.2 Å². The molecule has 0 aliphatic rings. The molecule has 1 aromatic carbocycles. The lowest BCUT2D eigenvalue weighted by molar-refractivity contribution is 0.100. The summed E-state index contributed by atoms with van der Waals surface area (Å²) in [5, 5.41) is 0. The number of carbonyl (C=O) groups is 1. The zero-order valence-electron chi connectivity index (χ0n) is 10.6. The maximum absolute atomic E-state index is 11.4. The quantitative estimate of drug-likeness (QED) is 0.741. The normalized spacial score (nSPS) is 10.2. The first-order chi connectivity index (χ1) is 8.11. The largest absolute Gasteiger partial charge is 0.397 e. The highest BCUT2D eigenvalue weighted by molar-refractivity contribution is 6.01. The molecule has 0 unspecified atom stereocenters. The molecule has 0 heterocycles. The number of benzene rings is 1. The van der Waals surface area contributed by atoms with Gasteiger partial charge in [0, 0.05) is 13.1 Å². The van der Waals surface area contributed by atoms with E-state index in [0.717, 1.165) is 31.6 Å². The highest BCUT2D eigenvalue weighted by atomic mass is 16.1. The van der Waals surface area contributed by atoms with Crippen LogP contribution in [0.5, 0.6) is 0 Å². The van der Waals surface area contributed by atoms with Crippen molar-refractivity contribution >= 4 is 17.3 Å². The van der Waals surface area contributed by atoms with Gasteiger partial charge >= 0.3 is 0 Å². The Bertz CT molecular complexity index is 390. The van der Waals surface area contributed by atoms with Crippen molar-refractivity contribution in [1.29, 1.82) is 0 Å². The number of primary amides is 1. The number of anilines is 2. The molecule has 17 heavy (non-hydrogen) atoms. The van der Waals surface area contributed by atoms with Crippen molar-refractivity contribution in [3.63, 3.8) is 0 Å². The fraction of sp³-hybridized carbons (Fsp3) is 0.462. The van der Waals surface area contributed by atoms with E-state index in [1.54, 1.807) is 18.2 Å². The molecule has 0 atom stereocenters. The second-order valence-corrected chi connectivity index (χ2v) is 4.04. The molecular weight excluding hydrogens is 214 g/mol. The third kappa shape index (κ3) is 3.12. The average Bonchev–Trinajstić information content (AvgIpc) is 2.31. The van der Waals surface area contributed by atoms with Crippen molar-refractivity contribution in [2.24, 2.45) is 5.73 Å². The number of nitrogens with zero attached hydrogens (tertiary/aromatic N) is 1. The molecule has 4 heteroatoms. The van der Waals surface area contributed by atoms with Gasteiger partial charge in [-0.15, -0.1) is 0 Å². The van der Waals surface area contributed by atoms with Gasteiger partial charge in [0.25, 0.3) is 5.91 Å². The molecule has 4 nitrogen and oxygen atoms in total. The second-order valence-electron chi connectivity index (χ2n) is 4.04. The van der Waals surface area contributed by atoms with Gasteiger partial charge < -0.3 is 16.4 Å². The maximum Gasteiger partial charge on any atom is 0.250 e. The van der Waals surface area contributed by atoms with Gasteiger partial charge in [0.1, 0.15) is 0 Å². The third-order valence-electron chi connectivity index (χ3n) is 2.81. The van der Waals surface area contributed by atoms with E-state index in [-0.39, 0.29) is 0 Å². The Morgan fingerprint density at radius 2 is 2.06 bits per heavy atom. The van der Waals surface area contributed by atoms with E-state index in [4.69, 9.17) is 11.5 Å². The molecule has 1 rings (SSSR count). The van der Waals surface area contributed by atoms with Gasteiger partial charge in [-0.3, -0.25) is 4.79 Å². The number of hydrogen-bond acceptors (Lipinski definition) is 3. The van der Waals surface area contributed by atoms with Crippen LogP contribution in [-0.2, 0) is 0 Å². The molecule has 0 aromatic heterocycles. The summed E-state index contributed by atoms with van der Waals surface area (Å²) in [5.74, 6) is -0.428. The van der Waals surface area contributed by atoms with Crippen LogP contribution >= 0.6 is 0 Å².